The van der Waals surface area contributed by atoms with E-state index >= 15 is 0 Å². The van der Waals surface area contributed by atoms with Crippen molar-refractivity contribution < 1.29 is 0 Å². The summed E-state index contributed by atoms with van der Waals surface area (Å²) in [6.45, 7) is 3.77. The number of hydrogen-bond donors (Lipinski definition) is 0. The molecule has 2 aromatic heterocycles. The van der Waals surface area contributed by atoms with Gasteiger partial charge >= 0.3 is 0 Å². The zero-order valence-corrected chi connectivity index (χ0v) is 12.5. The van der Waals surface area contributed by atoms with Gasteiger partial charge in [0, 0.05) is 0 Å². The summed E-state index contributed by atoms with van der Waals surface area (Å²) in [4.78, 5) is 4.58. The Hall–Kier alpha value is -2.50. The number of aromatic nitrogens is 2. The molecular formula is C16H12N4S. The minimum absolute atomic E-state index is 0.165. The van der Waals surface area contributed by atoms with Crippen molar-refractivity contribution in [2.45, 2.75) is 24.1 Å². The van der Waals surface area contributed by atoms with Crippen molar-refractivity contribution in [3.05, 3.63) is 41.5 Å². The van der Waals surface area contributed by atoms with Gasteiger partial charge in [0.15, 0.2) is 5.65 Å². The number of rotatable bonds is 2. The summed E-state index contributed by atoms with van der Waals surface area (Å²) in [6.07, 6.45) is 0. The molecule has 3 rings (SSSR count). The number of aryl methyl sites for hydroxylation is 1. The Kier molecular flexibility index (Phi) is 3.29. The van der Waals surface area contributed by atoms with Crippen LogP contribution in [0.2, 0.25) is 0 Å². The predicted molar refractivity (Wildman–Crippen MR) is 83.1 cm³/mol. The first-order chi connectivity index (χ1) is 10.2. The van der Waals surface area contributed by atoms with Crippen LogP contribution in [-0.4, -0.2) is 14.6 Å². The zero-order chi connectivity index (χ0) is 15.0. The van der Waals surface area contributed by atoms with Crippen LogP contribution in [0.4, 0.5) is 0 Å². The Morgan fingerprint density at radius 3 is 2.76 bits per heavy atom. The number of hydrogen-bond acceptors (Lipinski definition) is 4. The van der Waals surface area contributed by atoms with E-state index < -0.39 is 0 Å². The first-order valence-corrected chi connectivity index (χ1v) is 7.41. The summed E-state index contributed by atoms with van der Waals surface area (Å²) in [5, 5.41) is 19.2. The highest BCUT2D eigenvalue weighted by Gasteiger charge is 2.16. The Labute approximate surface area is 126 Å². The maximum absolute atomic E-state index is 9.40. The van der Waals surface area contributed by atoms with Gasteiger partial charge in [-0.2, -0.15) is 10.5 Å². The van der Waals surface area contributed by atoms with Crippen molar-refractivity contribution in [2.75, 3.05) is 0 Å². The van der Waals surface area contributed by atoms with Gasteiger partial charge in [-0.1, -0.05) is 23.9 Å². The van der Waals surface area contributed by atoms with Gasteiger partial charge in [-0.25, -0.2) is 4.98 Å². The van der Waals surface area contributed by atoms with Crippen LogP contribution in [0, 0.1) is 29.6 Å². The minimum Gasteiger partial charge on any atom is -0.286 e. The molecule has 5 heteroatoms. The third-order valence-electron chi connectivity index (χ3n) is 3.33. The Balaban J connectivity index is 2.43. The summed E-state index contributed by atoms with van der Waals surface area (Å²) < 4.78 is 1.97. The molecule has 1 aromatic carbocycles. The van der Waals surface area contributed by atoms with Crippen LogP contribution in [0.3, 0.4) is 0 Å². The maximum Gasteiger partial charge on any atom is 0.157 e. The number of nitrogens with zero attached hydrogens (tertiary/aromatic N) is 4. The molecule has 0 bridgehead atoms. The normalized spacial score (nSPS) is 12.2. The van der Waals surface area contributed by atoms with Gasteiger partial charge in [0.25, 0.3) is 0 Å². The van der Waals surface area contributed by atoms with E-state index in [1.807, 2.05) is 48.6 Å². The van der Waals surface area contributed by atoms with Gasteiger partial charge in [-0.05, 0) is 37.6 Å². The molecule has 0 saturated heterocycles. The highest BCUT2D eigenvalue weighted by Crippen LogP contribution is 2.31. The molecule has 0 saturated carbocycles. The van der Waals surface area contributed by atoms with Gasteiger partial charge in [0.1, 0.15) is 6.07 Å². The molecule has 1 atom stereocenters. The van der Waals surface area contributed by atoms with Crippen LogP contribution in [0.25, 0.3) is 16.7 Å². The fourth-order valence-electron chi connectivity index (χ4n) is 2.35. The number of fused-ring (bicyclic) bond motifs is 3. The van der Waals surface area contributed by atoms with E-state index in [0.717, 1.165) is 21.6 Å². The number of imidazole rings is 1. The van der Waals surface area contributed by atoms with Crippen LogP contribution in [0.5, 0.6) is 0 Å². The van der Waals surface area contributed by atoms with Crippen molar-refractivity contribution in [1.29, 1.82) is 10.5 Å². The number of nitriles is 2. The third kappa shape index (κ3) is 2.12. The van der Waals surface area contributed by atoms with Gasteiger partial charge in [0.05, 0.1) is 32.9 Å². The van der Waals surface area contributed by atoms with Crippen molar-refractivity contribution in [1.82, 2.24) is 9.38 Å². The van der Waals surface area contributed by atoms with Crippen molar-refractivity contribution in [3.63, 3.8) is 0 Å². The molecule has 0 N–H and O–H groups in total. The maximum atomic E-state index is 9.40. The van der Waals surface area contributed by atoms with E-state index in [-0.39, 0.29) is 5.25 Å². The van der Waals surface area contributed by atoms with Gasteiger partial charge < -0.3 is 0 Å². The number of benzene rings is 1. The van der Waals surface area contributed by atoms with Crippen LogP contribution >= 0.6 is 11.8 Å². The lowest BCUT2D eigenvalue weighted by molar-refractivity contribution is 1.03. The molecule has 0 unspecified atom stereocenters. The lowest BCUT2D eigenvalue weighted by Gasteiger charge is -2.10. The monoisotopic (exact) mass is 292 g/mol. The molecule has 3 aromatic rings. The largest absolute Gasteiger partial charge is 0.286 e. The zero-order valence-electron chi connectivity index (χ0n) is 11.7. The van der Waals surface area contributed by atoms with Gasteiger partial charge in [-0.3, -0.25) is 4.40 Å². The standard InChI is InChI=1S/C16H12N4S/c1-10-7-15(21-11(2)8-17)20-14-6-4-3-5-13(14)19-16(20)12(10)9-18/h3-7,11H,1-2H3/t11-/m0/s1. The minimum atomic E-state index is -0.165. The van der Waals surface area contributed by atoms with Crippen LogP contribution in [0.1, 0.15) is 18.1 Å². The molecule has 4 nitrogen and oxygen atoms in total. The lowest BCUT2D eigenvalue weighted by atomic mass is 10.2. The molecule has 2 heterocycles. The lowest BCUT2D eigenvalue weighted by Crippen LogP contribution is -2.00. The first kappa shape index (κ1) is 13.5. The van der Waals surface area contributed by atoms with E-state index in [4.69, 9.17) is 5.26 Å². The van der Waals surface area contributed by atoms with Crippen molar-refractivity contribution in [2.24, 2.45) is 0 Å². The molecule has 0 amide bonds. The molecule has 0 aliphatic heterocycles. The fraction of sp³-hybridized carbons (Fsp3) is 0.188. The second-order valence-electron chi connectivity index (χ2n) is 4.80. The summed E-state index contributed by atoms with van der Waals surface area (Å²) in [7, 11) is 0. The van der Waals surface area contributed by atoms with E-state index in [9.17, 15) is 5.26 Å². The molecule has 0 aliphatic carbocycles. The summed E-state index contributed by atoms with van der Waals surface area (Å²) in [5.41, 5.74) is 3.93. The number of thioether (sulfide) groups is 1. The second-order valence-corrected chi connectivity index (χ2v) is 6.16. The van der Waals surface area contributed by atoms with E-state index in [2.05, 4.69) is 17.1 Å². The molecule has 21 heavy (non-hydrogen) atoms. The molecule has 0 radical (unpaired) electrons. The quantitative estimate of drug-likeness (QED) is 0.676. The van der Waals surface area contributed by atoms with E-state index in [1.165, 1.54) is 11.8 Å². The van der Waals surface area contributed by atoms with Crippen molar-refractivity contribution >= 4 is 28.4 Å². The van der Waals surface area contributed by atoms with Gasteiger partial charge in [0.2, 0.25) is 0 Å². The summed E-state index contributed by atoms with van der Waals surface area (Å²) >= 11 is 1.48. The highest BCUT2D eigenvalue weighted by molar-refractivity contribution is 8.00. The summed E-state index contributed by atoms with van der Waals surface area (Å²) in [6, 6.07) is 14.2. The molecule has 0 aliphatic rings. The number of pyridine rings is 1. The first-order valence-electron chi connectivity index (χ1n) is 6.53. The smallest absolute Gasteiger partial charge is 0.157 e. The molecule has 0 fully saturated rings. The van der Waals surface area contributed by atoms with Gasteiger partial charge in [-0.15, -0.1) is 0 Å². The average molecular weight is 292 g/mol. The van der Waals surface area contributed by atoms with Crippen molar-refractivity contribution in [3.8, 4) is 12.1 Å². The van der Waals surface area contributed by atoms with Crippen LogP contribution in [0.15, 0.2) is 35.4 Å². The van der Waals surface area contributed by atoms with E-state index in [0.29, 0.717) is 11.2 Å². The third-order valence-corrected chi connectivity index (χ3v) is 4.33. The SMILES string of the molecule is Cc1cc(S[C@@H](C)C#N)n2c(nc3ccccc32)c1C#N. The summed E-state index contributed by atoms with van der Waals surface area (Å²) in [5.74, 6) is 0. The predicted octanol–water partition coefficient (Wildman–Crippen LogP) is 3.67. The Morgan fingerprint density at radius 1 is 1.29 bits per heavy atom. The Morgan fingerprint density at radius 2 is 2.05 bits per heavy atom. The molecular weight excluding hydrogens is 280 g/mol. The van der Waals surface area contributed by atoms with Crippen LogP contribution < -0.4 is 0 Å². The van der Waals surface area contributed by atoms with E-state index in [1.54, 1.807) is 0 Å². The molecule has 0 spiro atoms. The second kappa shape index (κ2) is 5.12. The number of para-hydroxylation sites is 2. The highest BCUT2D eigenvalue weighted by atomic mass is 32.2. The fourth-order valence-corrected chi connectivity index (χ4v) is 3.30. The topological polar surface area (TPSA) is 64.9 Å². The molecule has 102 valence electrons. The van der Waals surface area contributed by atoms with Crippen LogP contribution in [-0.2, 0) is 0 Å². The Bertz CT molecular complexity index is 927. The average Bonchev–Trinajstić information content (AvgIpc) is 2.86.